The Morgan fingerprint density at radius 2 is 1.94 bits per heavy atom. The van der Waals surface area contributed by atoms with Crippen molar-refractivity contribution in [1.82, 2.24) is 9.80 Å². The van der Waals surface area contributed by atoms with Crippen LogP contribution in [-0.4, -0.2) is 55.1 Å². The summed E-state index contributed by atoms with van der Waals surface area (Å²) in [4.78, 5) is 5.23. The highest BCUT2D eigenvalue weighted by Crippen LogP contribution is 2.39. The topological polar surface area (TPSA) is 32.5 Å². The summed E-state index contributed by atoms with van der Waals surface area (Å²) in [5.74, 6) is 1.94. The number of likely N-dealkylation sites (tertiary alicyclic amines) is 2. The molecule has 3 nitrogen and oxygen atoms in total. The van der Waals surface area contributed by atoms with Gasteiger partial charge in [-0.25, -0.2) is 0 Å². The first-order valence-electron chi connectivity index (χ1n) is 7.35. The number of nitrogens with zero attached hydrogens (tertiary/aromatic N) is 2. The fraction of sp³-hybridized carbons (Fsp3) is 1.00. The summed E-state index contributed by atoms with van der Waals surface area (Å²) in [5.41, 5.74) is 6.45. The lowest BCUT2D eigenvalue weighted by Crippen LogP contribution is -2.60. The van der Waals surface area contributed by atoms with Gasteiger partial charge in [0.05, 0.1) is 0 Å². The molecule has 3 atom stereocenters. The lowest BCUT2D eigenvalue weighted by Gasteiger charge is -2.49. The molecule has 0 radical (unpaired) electrons. The third-order valence-corrected chi connectivity index (χ3v) is 5.42. The molecule has 0 aromatic heterocycles. The molecule has 3 aliphatic rings. The van der Waals surface area contributed by atoms with Crippen LogP contribution in [0.5, 0.6) is 0 Å². The molecular weight excluding hydrogens is 210 g/mol. The molecule has 2 saturated heterocycles. The Hall–Kier alpha value is -0.120. The molecule has 0 spiro atoms. The van der Waals surface area contributed by atoms with Gasteiger partial charge in [0.2, 0.25) is 0 Å². The summed E-state index contributed by atoms with van der Waals surface area (Å²) in [7, 11) is 2.24. The van der Waals surface area contributed by atoms with E-state index in [9.17, 15) is 0 Å². The summed E-state index contributed by atoms with van der Waals surface area (Å²) in [6.07, 6.45) is 7.16. The molecule has 0 amide bonds. The fourth-order valence-electron chi connectivity index (χ4n) is 4.43. The van der Waals surface area contributed by atoms with Crippen LogP contribution in [0.4, 0.5) is 0 Å². The van der Waals surface area contributed by atoms with Crippen molar-refractivity contribution in [3.8, 4) is 0 Å². The van der Waals surface area contributed by atoms with Crippen molar-refractivity contribution in [3.05, 3.63) is 0 Å². The Kier molecular flexibility index (Phi) is 3.18. The van der Waals surface area contributed by atoms with E-state index in [1.165, 1.54) is 58.3 Å². The second-order valence-corrected chi connectivity index (χ2v) is 6.72. The van der Waals surface area contributed by atoms with Gasteiger partial charge in [0.15, 0.2) is 0 Å². The first kappa shape index (κ1) is 11.9. The van der Waals surface area contributed by atoms with Gasteiger partial charge >= 0.3 is 0 Å². The van der Waals surface area contributed by atoms with Crippen LogP contribution in [0.15, 0.2) is 0 Å². The molecule has 17 heavy (non-hydrogen) atoms. The molecule has 2 bridgehead atoms. The average molecular weight is 237 g/mol. The molecule has 2 heterocycles. The Balaban J connectivity index is 1.74. The molecule has 0 aromatic carbocycles. The van der Waals surface area contributed by atoms with E-state index in [2.05, 4.69) is 16.8 Å². The summed E-state index contributed by atoms with van der Waals surface area (Å²) in [6, 6.07) is 0. The number of likely N-dealkylation sites (N-methyl/N-ethyl adjacent to an activating group) is 1. The van der Waals surface area contributed by atoms with E-state index in [4.69, 9.17) is 5.73 Å². The van der Waals surface area contributed by atoms with Gasteiger partial charge in [-0.2, -0.15) is 0 Å². The van der Waals surface area contributed by atoms with Crippen LogP contribution in [0.3, 0.4) is 0 Å². The highest BCUT2D eigenvalue weighted by atomic mass is 15.3. The van der Waals surface area contributed by atoms with E-state index >= 15 is 0 Å². The lowest BCUT2D eigenvalue weighted by molar-refractivity contribution is 0.00681. The SMILES string of the molecule is CN1CCC(CN)(N2CC3CCCC(C3)C2)C1. The van der Waals surface area contributed by atoms with Gasteiger partial charge in [0.1, 0.15) is 0 Å². The lowest BCUT2D eigenvalue weighted by atomic mass is 9.76. The third-order valence-electron chi connectivity index (χ3n) is 5.42. The van der Waals surface area contributed by atoms with E-state index < -0.39 is 0 Å². The Morgan fingerprint density at radius 3 is 2.47 bits per heavy atom. The van der Waals surface area contributed by atoms with Gasteiger partial charge in [-0.05, 0) is 51.1 Å². The Labute approximate surface area is 105 Å². The minimum Gasteiger partial charge on any atom is -0.329 e. The first-order valence-corrected chi connectivity index (χ1v) is 7.35. The van der Waals surface area contributed by atoms with Crippen molar-refractivity contribution in [2.75, 3.05) is 39.8 Å². The maximum Gasteiger partial charge on any atom is 0.0470 e. The van der Waals surface area contributed by atoms with Gasteiger partial charge in [-0.1, -0.05) is 6.42 Å². The van der Waals surface area contributed by atoms with Gasteiger partial charge in [-0.3, -0.25) is 4.90 Å². The molecule has 3 heteroatoms. The largest absolute Gasteiger partial charge is 0.329 e. The van der Waals surface area contributed by atoms with Gasteiger partial charge in [-0.15, -0.1) is 0 Å². The molecule has 3 fully saturated rings. The predicted octanol–water partition coefficient (Wildman–Crippen LogP) is 1.14. The first-order chi connectivity index (χ1) is 8.22. The molecule has 1 aliphatic carbocycles. The molecule has 3 unspecified atom stereocenters. The number of nitrogens with two attached hydrogens (primary N) is 1. The second-order valence-electron chi connectivity index (χ2n) is 6.72. The van der Waals surface area contributed by atoms with Gasteiger partial charge in [0.25, 0.3) is 0 Å². The van der Waals surface area contributed by atoms with Crippen molar-refractivity contribution in [2.45, 2.75) is 37.6 Å². The molecule has 98 valence electrons. The monoisotopic (exact) mass is 237 g/mol. The number of hydrogen-bond donors (Lipinski definition) is 1. The van der Waals surface area contributed by atoms with Crippen LogP contribution < -0.4 is 5.73 Å². The molecule has 3 rings (SSSR count). The zero-order valence-electron chi connectivity index (χ0n) is 11.2. The maximum atomic E-state index is 6.14. The molecular formula is C14H27N3. The molecule has 2 N–H and O–H groups in total. The van der Waals surface area contributed by atoms with E-state index in [0.29, 0.717) is 5.54 Å². The summed E-state index contributed by atoms with van der Waals surface area (Å²) in [5, 5.41) is 0. The smallest absolute Gasteiger partial charge is 0.0470 e. The van der Waals surface area contributed by atoms with Crippen molar-refractivity contribution in [3.63, 3.8) is 0 Å². The van der Waals surface area contributed by atoms with Crippen LogP contribution in [-0.2, 0) is 0 Å². The minimum atomic E-state index is 0.309. The standard InChI is InChI=1S/C14H27N3/c1-16-6-5-14(10-15,11-16)17-8-12-3-2-4-13(7-12)9-17/h12-13H,2-11,15H2,1H3. The number of piperidine rings is 1. The van der Waals surface area contributed by atoms with Crippen LogP contribution in [0.25, 0.3) is 0 Å². The highest BCUT2D eigenvalue weighted by Gasteiger charge is 2.44. The van der Waals surface area contributed by atoms with Gasteiger partial charge < -0.3 is 10.6 Å². The third kappa shape index (κ3) is 2.13. The number of rotatable bonds is 2. The zero-order valence-corrected chi connectivity index (χ0v) is 11.2. The fourth-order valence-corrected chi connectivity index (χ4v) is 4.43. The zero-order chi connectivity index (χ0) is 11.9. The summed E-state index contributed by atoms with van der Waals surface area (Å²) in [6.45, 7) is 5.89. The average Bonchev–Trinajstić information content (AvgIpc) is 2.72. The summed E-state index contributed by atoms with van der Waals surface area (Å²) >= 11 is 0. The highest BCUT2D eigenvalue weighted by molar-refractivity contribution is 5.02. The number of fused-ring (bicyclic) bond motifs is 2. The van der Waals surface area contributed by atoms with Gasteiger partial charge in [0, 0.05) is 31.7 Å². The van der Waals surface area contributed by atoms with E-state index in [1.54, 1.807) is 0 Å². The van der Waals surface area contributed by atoms with Crippen LogP contribution in [0.2, 0.25) is 0 Å². The van der Waals surface area contributed by atoms with E-state index in [1.807, 2.05) is 0 Å². The van der Waals surface area contributed by atoms with Crippen LogP contribution >= 0.6 is 0 Å². The normalized spacial score (nSPS) is 44.1. The molecule has 2 aliphatic heterocycles. The predicted molar refractivity (Wildman–Crippen MR) is 70.9 cm³/mol. The van der Waals surface area contributed by atoms with Crippen molar-refractivity contribution in [2.24, 2.45) is 17.6 Å². The maximum absolute atomic E-state index is 6.14. The van der Waals surface area contributed by atoms with Crippen molar-refractivity contribution in [1.29, 1.82) is 0 Å². The summed E-state index contributed by atoms with van der Waals surface area (Å²) < 4.78 is 0. The quantitative estimate of drug-likeness (QED) is 0.782. The van der Waals surface area contributed by atoms with Crippen LogP contribution in [0, 0.1) is 11.8 Å². The second kappa shape index (κ2) is 4.52. The van der Waals surface area contributed by atoms with E-state index in [0.717, 1.165) is 18.4 Å². The molecule has 0 aromatic rings. The van der Waals surface area contributed by atoms with Crippen LogP contribution in [0.1, 0.15) is 32.1 Å². The van der Waals surface area contributed by atoms with E-state index in [-0.39, 0.29) is 0 Å². The Morgan fingerprint density at radius 1 is 1.24 bits per heavy atom. The molecule has 1 saturated carbocycles. The Bertz CT molecular complexity index is 269. The number of hydrogen-bond acceptors (Lipinski definition) is 3. The van der Waals surface area contributed by atoms with Crippen molar-refractivity contribution >= 4 is 0 Å². The van der Waals surface area contributed by atoms with Crippen molar-refractivity contribution < 1.29 is 0 Å². The minimum absolute atomic E-state index is 0.309.